The number of Topliss-reactive ketones (excluding diaryl/α,β-unsaturated/α-hetero) is 1. The molecule has 0 amide bonds. The zero-order chi connectivity index (χ0) is 15.5. The van der Waals surface area contributed by atoms with Crippen molar-refractivity contribution in [2.45, 2.75) is 13.1 Å². The van der Waals surface area contributed by atoms with Crippen molar-refractivity contribution in [3.63, 3.8) is 0 Å². The van der Waals surface area contributed by atoms with Gasteiger partial charge in [-0.05, 0) is 23.3 Å². The number of rotatable bonds is 3. The second-order valence-electron chi connectivity index (χ2n) is 5.42. The molecule has 112 valence electrons. The molecule has 2 aromatic rings. The van der Waals surface area contributed by atoms with E-state index < -0.39 is 0 Å². The minimum Gasteiger partial charge on any atom is -0.465 e. The van der Waals surface area contributed by atoms with Crippen LogP contribution in [0.5, 0.6) is 0 Å². The number of benzene rings is 2. The topological polar surface area (TPSA) is 46.6 Å². The lowest BCUT2D eigenvalue weighted by Crippen LogP contribution is -2.34. The molecule has 1 aliphatic rings. The fourth-order valence-corrected chi connectivity index (χ4v) is 2.78. The first-order chi connectivity index (χ1) is 10.7. The van der Waals surface area contributed by atoms with Crippen LogP contribution in [0.1, 0.15) is 31.8 Å². The van der Waals surface area contributed by atoms with Gasteiger partial charge in [0.1, 0.15) is 0 Å². The first kappa shape index (κ1) is 14.5. The van der Waals surface area contributed by atoms with Crippen molar-refractivity contribution in [1.29, 1.82) is 0 Å². The third-order valence-corrected chi connectivity index (χ3v) is 3.84. The number of carbonyl (C=O) groups is 2. The number of hydrogen-bond donors (Lipinski definition) is 0. The van der Waals surface area contributed by atoms with Gasteiger partial charge in [-0.1, -0.05) is 36.4 Å². The summed E-state index contributed by atoms with van der Waals surface area (Å²) in [4.78, 5) is 26.0. The smallest absolute Gasteiger partial charge is 0.337 e. The van der Waals surface area contributed by atoms with Gasteiger partial charge in [-0.15, -0.1) is 0 Å². The van der Waals surface area contributed by atoms with Crippen LogP contribution in [0.3, 0.4) is 0 Å². The van der Waals surface area contributed by atoms with Gasteiger partial charge in [0.05, 0.1) is 19.2 Å². The molecule has 22 heavy (non-hydrogen) atoms. The highest BCUT2D eigenvalue weighted by atomic mass is 16.5. The Bertz CT molecular complexity index is 710. The van der Waals surface area contributed by atoms with Crippen molar-refractivity contribution >= 4 is 11.8 Å². The van der Waals surface area contributed by atoms with Crippen LogP contribution >= 0.6 is 0 Å². The van der Waals surface area contributed by atoms with Crippen molar-refractivity contribution in [3.05, 3.63) is 70.8 Å². The summed E-state index contributed by atoms with van der Waals surface area (Å²) in [5, 5.41) is 0. The average molecular weight is 295 g/mol. The molecular formula is C18H17NO3. The lowest BCUT2D eigenvalue weighted by molar-refractivity contribution is 0.0599. The lowest BCUT2D eigenvalue weighted by atomic mass is 9.96. The highest BCUT2D eigenvalue weighted by Gasteiger charge is 2.24. The molecule has 4 heteroatoms. The molecule has 0 radical (unpaired) electrons. The van der Waals surface area contributed by atoms with E-state index in [1.807, 2.05) is 30.3 Å². The van der Waals surface area contributed by atoms with E-state index in [0.717, 1.165) is 5.56 Å². The molecule has 0 unspecified atom stereocenters. The number of hydrogen-bond acceptors (Lipinski definition) is 4. The largest absolute Gasteiger partial charge is 0.465 e. The third-order valence-electron chi connectivity index (χ3n) is 3.84. The summed E-state index contributed by atoms with van der Waals surface area (Å²) in [6.07, 6.45) is 0. The summed E-state index contributed by atoms with van der Waals surface area (Å²) in [5.74, 6) is -0.288. The second kappa shape index (κ2) is 6.12. The Morgan fingerprint density at radius 3 is 2.64 bits per heavy atom. The monoisotopic (exact) mass is 295 g/mol. The molecule has 3 rings (SSSR count). The average Bonchev–Trinajstić information content (AvgIpc) is 2.54. The molecule has 2 aromatic carbocycles. The number of ketones is 1. The zero-order valence-electron chi connectivity index (χ0n) is 12.4. The quantitative estimate of drug-likeness (QED) is 0.817. The van der Waals surface area contributed by atoms with Gasteiger partial charge in [-0.2, -0.15) is 0 Å². The maximum absolute atomic E-state index is 12.3. The summed E-state index contributed by atoms with van der Waals surface area (Å²) in [6, 6.07) is 15.2. The van der Waals surface area contributed by atoms with Gasteiger partial charge in [0.25, 0.3) is 0 Å². The van der Waals surface area contributed by atoms with E-state index in [-0.39, 0.29) is 11.8 Å². The molecule has 0 atom stereocenters. The minimum atomic E-state index is -0.379. The Morgan fingerprint density at radius 1 is 1.14 bits per heavy atom. The van der Waals surface area contributed by atoms with Crippen molar-refractivity contribution in [3.8, 4) is 0 Å². The molecule has 1 heterocycles. The molecule has 0 aliphatic carbocycles. The summed E-state index contributed by atoms with van der Waals surface area (Å²) < 4.78 is 4.74. The van der Waals surface area contributed by atoms with Gasteiger partial charge in [-0.3, -0.25) is 9.69 Å². The molecule has 0 fully saturated rings. The zero-order valence-corrected chi connectivity index (χ0v) is 12.4. The van der Waals surface area contributed by atoms with Crippen LogP contribution in [0.2, 0.25) is 0 Å². The van der Waals surface area contributed by atoms with Gasteiger partial charge < -0.3 is 4.74 Å². The lowest BCUT2D eigenvalue weighted by Gasteiger charge is -2.28. The minimum absolute atomic E-state index is 0.0913. The summed E-state index contributed by atoms with van der Waals surface area (Å²) >= 11 is 0. The summed E-state index contributed by atoms with van der Waals surface area (Å²) in [6.45, 7) is 1.77. The van der Waals surface area contributed by atoms with Crippen molar-refractivity contribution in [1.82, 2.24) is 4.90 Å². The molecule has 0 spiro atoms. The Labute approximate surface area is 129 Å². The van der Waals surface area contributed by atoms with E-state index >= 15 is 0 Å². The van der Waals surface area contributed by atoms with Crippen LogP contribution in [0, 0.1) is 0 Å². The van der Waals surface area contributed by atoms with E-state index in [1.165, 1.54) is 12.7 Å². The van der Waals surface area contributed by atoms with Crippen molar-refractivity contribution < 1.29 is 14.3 Å². The Kier molecular flexibility index (Phi) is 4.02. The summed E-state index contributed by atoms with van der Waals surface area (Å²) in [5.41, 5.74) is 3.24. The first-order valence-electron chi connectivity index (χ1n) is 7.18. The van der Waals surface area contributed by atoms with Gasteiger partial charge in [0.15, 0.2) is 5.78 Å². The van der Waals surface area contributed by atoms with E-state index in [2.05, 4.69) is 4.90 Å². The highest BCUT2D eigenvalue weighted by molar-refractivity contribution is 6.01. The normalized spacial score (nSPS) is 14.5. The van der Waals surface area contributed by atoms with Crippen LogP contribution < -0.4 is 0 Å². The van der Waals surface area contributed by atoms with Gasteiger partial charge in [-0.25, -0.2) is 4.79 Å². The predicted molar refractivity (Wildman–Crippen MR) is 82.7 cm³/mol. The molecule has 0 aromatic heterocycles. The maximum Gasteiger partial charge on any atom is 0.337 e. The SMILES string of the molecule is COC(=O)c1ccc2c(c1)CN(Cc1ccccc1)CC2=O. The number of carbonyl (C=O) groups excluding carboxylic acids is 2. The summed E-state index contributed by atoms with van der Waals surface area (Å²) in [7, 11) is 1.36. The standard InChI is InChI=1S/C18H17NO3/c1-22-18(21)14-7-8-16-15(9-14)11-19(12-17(16)20)10-13-5-3-2-4-6-13/h2-9H,10-12H2,1H3. The molecule has 0 saturated heterocycles. The second-order valence-corrected chi connectivity index (χ2v) is 5.42. The first-order valence-corrected chi connectivity index (χ1v) is 7.18. The van der Waals surface area contributed by atoms with Crippen LogP contribution in [-0.4, -0.2) is 30.3 Å². The number of ether oxygens (including phenoxy) is 1. The van der Waals surface area contributed by atoms with Gasteiger partial charge in [0, 0.05) is 18.7 Å². The molecule has 0 N–H and O–H groups in total. The number of methoxy groups -OCH3 is 1. The molecular weight excluding hydrogens is 278 g/mol. The molecule has 4 nitrogen and oxygen atoms in total. The molecule has 0 bridgehead atoms. The maximum atomic E-state index is 12.3. The van der Waals surface area contributed by atoms with Crippen molar-refractivity contribution in [2.75, 3.05) is 13.7 Å². The van der Waals surface area contributed by atoms with E-state index in [1.54, 1.807) is 18.2 Å². The van der Waals surface area contributed by atoms with Crippen LogP contribution in [0.4, 0.5) is 0 Å². The van der Waals surface area contributed by atoms with Crippen LogP contribution in [-0.2, 0) is 17.8 Å². The van der Waals surface area contributed by atoms with E-state index in [9.17, 15) is 9.59 Å². The van der Waals surface area contributed by atoms with Crippen molar-refractivity contribution in [2.24, 2.45) is 0 Å². The predicted octanol–water partition coefficient (Wildman–Crippen LogP) is 2.67. The number of fused-ring (bicyclic) bond motifs is 1. The Morgan fingerprint density at radius 2 is 1.91 bits per heavy atom. The Balaban J connectivity index is 1.84. The van der Waals surface area contributed by atoms with Gasteiger partial charge in [0.2, 0.25) is 0 Å². The molecule has 0 saturated carbocycles. The van der Waals surface area contributed by atoms with Crippen LogP contribution in [0.15, 0.2) is 48.5 Å². The van der Waals surface area contributed by atoms with E-state index in [4.69, 9.17) is 4.74 Å². The fraction of sp³-hybridized carbons (Fsp3) is 0.222. The van der Waals surface area contributed by atoms with Crippen LogP contribution in [0.25, 0.3) is 0 Å². The molecule has 1 aliphatic heterocycles. The van der Waals surface area contributed by atoms with E-state index in [0.29, 0.717) is 30.8 Å². The van der Waals surface area contributed by atoms with Gasteiger partial charge >= 0.3 is 5.97 Å². The number of nitrogens with zero attached hydrogens (tertiary/aromatic N) is 1. The fourth-order valence-electron chi connectivity index (χ4n) is 2.78. The highest BCUT2D eigenvalue weighted by Crippen LogP contribution is 2.22. The Hall–Kier alpha value is -2.46. The number of esters is 1. The third kappa shape index (κ3) is 2.92.